The molecule has 1 aliphatic rings. The van der Waals surface area contributed by atoms with Crippen LogP contribution in [0.25, 0.3) is 0 Å². The molecule has 1 aromatic carbocycles. The highest BCUT2D eigenvalue weighted by Gasteiger charge is 2.15. The third-order valence-electron chi connectivity index (χ3n) is 3.36. The summed E-state index contributed by atoms with van der Waals surface area (Å²) in [6.45, 7) is 1.48. The maximum Gasteiger partial charge on any atom is 0.254 e. The van der Waals surface area contributed by atoms with Crippen LogP contribution in [0.3, 0.4) is 0 Å². The Morgan fingerprint density at radius 2 is 2.21 bits per heavy atom. The van der Waals surface area contributed by atoms with Crippen molar-refractivity contribution in [3.8, 4) is 0 Å². The van der Waals surface area contributed by atoms with E-state index in [9.17, 15) is 13.6 Å². The van der Waals surface area contributed by atoms with Crippen LogP contribution in [-0.2, 0) is 0 Å². The summed E-state index contributed by atoms with van der Waals surface area (Å²) in [5.41, 5.74) is -0.239. The maximum atomic E-state index is 13.4. The summed E-state index contributed by atoms with van der Waals surface area (Å²) in [6.07, 6.45) is 4.30. The molecule has 0 bridgehead atoms. The molecule has 1 saturated heterocycles. The SMILES string of the molecule is O=C(NCCC1CCCCN1)c1cc(F)ccc1F. The van der Waals surface area contributed by atoms with Gasteiger partial charge in [0, 0.05) is 12.6 Å². The first-order valence-corrected chi connectivity index (χ1v) is 6.63. The lowest BCUT2D eigenvalue weighted by Gasteiger charge is -2.23. The van der Waals surface area contributed by atoms with Gasteiger partial charge in [0.2, 0.25) is 0 Å². The molecule has 104 valence electrons. The summed E-state index contributed by atoms with van der Waals surface area (Å²) in [6, 6.07) is 3.29. The van der Waals surface area contributed by atoms with Gasteiger partial charge in [-0.15, -0.1) is 0 Å². The van der Waals surface area contributed by atoms with Gasteiger partial charge < -0.3 is 10.6 Å². The van der Waals surface area contributed by atoms with E-state index in [0.717, 1.165) is 37.6 Å². The van der Waals surface area contributed by atoms with E-state index in [1.165, 1.54) is 12.8 Å². The standard InChI is InChI=1S/C14H18F2N2O/c15-10-4-5-13(16)12(9-10)14(19)18-8-6-11-3-1-2-7-17-11/h4-5,9,11,17H,1-3,6-8H2,(H,18,19). The Labute approximate surface area is 111 Å². The van der Waals surface area contributed by atoms with Crippen molar-refractivity contribution < 1.29 is 13.6 Å². The first-order chi connectivity index (χ1) is 9.16. The van der Waals surface area contributed by atoms with Gasteiger partial charge in [-0.25, -0.2) is 8.78 Å². The Kier molecular flexibility index (Phi) is 4.85. The van der Waals surface area contributed by atoms with Gasteiger partial charge in [0.1, 0.15) is 11.6 Å². The highest BCUT2D eigenvalue weighted by molar-refractivity contribution is 5.94. The van der Waals surface area contributed by atoms with Crippen molar-refractivity contribution in [2.45, 2.75) is 31.7 Å². The summed E-state index contributed by atoms with van der Waals surface area (Å²) < 4.78 is 26.3. The van der Waals surface area contributed by atoms with Crippen LogP contribution in [0, 0.1) is 11.6 Å². The van der Waals surface area contributed by atoms with Crippen LogP contribution in [0.1, 0.15) is 36.0 Å². The van der Waals surface area contributed by atoms with Crippen molar-refractivity contribution >= 4 is 5.91 Å². The number of hydrogen-bond acceptors (Lipinski definition) is 2. The third kappa shape index (κ3) is 3.99. The normalized spacial score (nSPS) is 19.2. The second-order valence-electron chi connectivity index (χ2n) is 4.82. The Balaban J connectivity index is 1.82. The molecule has 1 unspecified atom stereocenters. The largest absolute Gasteiger partial charge is 0.352 e. The average molecular weight is 268 g/mol. The van der Waals surface area contributed by atoms with E-state index in [-0.39, 0.29) is 5.56 Å². The van der Waals surface area contributed by atoms with Gasteiger partial charge in [-0.05, 0) is 44.0 Å². The molecule has 1 amide bonds. The molecule has 2 N–H and O–H groups in total. The zero-order valence-electron chi connectivity index (χ0n) is 10.7. The topological polar surface area (TPSA) is 41.1 Å². The zero-order valence-corrected chi connectivity index (χ0v) is 10.7. The van der Waals surface area contributed by atoms with Gasteiger partial charge in [-0.1, -0.05) is 6.42 Å². The minimum atomic E-state index is -0.699. The van der Waals surface area contributed by atoms with Gasteiger partial charge in [0.15, 0.2) is 0 Å². The fourth-order valence-corrected chi connectivity index (χ4v) is 2.30. The molecular weight excluding hydrogens is 250 g/mol. The van der Waals surface area contributed by atoms with Crippen LogP contribution < -0.4 is 10.6 Å². The van der Waals surface area contributed by atoms with Crippen LogP contribution in [0.4, 0.5) is 8.78 Å². The molecule has 0 radical (unpaired) electrons. The summed E-state index contributed by atoms with van der Waals surface area (Å²) in [5, 5.41) is 6.00. The Morgan fingerprint density at radius 1 is 1.37 bits per heavy atom. The lowest BCUT2D eigenvalue weighted by atomic mass is 10.0. The molecule has 1 heterocycles. The lowest BCUT2D eigenvalue weighted by Crippen LogP contribution is -2.37. The van der Waals surface area contributed by atoms with Gasteiger partial charge in [0.25, 0.3) is 5.91 Å². The van der Waals surface area contributed by atoms with Crippen molar-refractivity contribution in [2.75, 3.05) is 13.1 Å². The van der Waals surface area contributed by atoms with Crippen LogP contribution in [0.2, 0.25) is 0 Å². The molecule has 5 heteroatoms. The van der Waals surface area contributed by atoms with Crippen LogP contribution in [-0.4, -0.2) is 25.0 Å². The van der Waals surface area contributed by atoms with E-state index in [0.29, 0.717) is 12.6 Å². The van der Waals surface area contributed by atoms with Crippen LogP contribution in [0.5, 0.6) is 0 Å². The Hall–Kier alpha value is -1.49. The second-order valence-corrected chi connectivity index (χ2v) is 4.82. The second kappa shape index (κ2) is 6.61. The first-order valence-electron chi connectivity index (χ1n) is 6.63. The monoisotopic (exact) mass is 268 g/mol. The van der Waals surface area contributed by atoms with Crippen LogP contribution >= 0.6 is 0 Å². The molecule has 0 spiro atoms. The molecule has 0 saturated carbocycles. The van der Waals surface area contributed by atoms with E-state index in [1.807, 2.05) is 0 Å². The highest BCUT2D eigenvalue weighted by atomic mass is 19.1. The summed E-state index contributed by atoms with van der Waals surface area (Å²) in [4.78, 5) is 11.7. The van der Waals surface area contributed by atoms with E-state index in [2.05, 4.69) is 10.6 Å². The predicted molar refractivity (Wildman–Crippen MR) is 68.9 cm³/mol. The third-order valence-corrected chi connectivity index (χ3v) is 3.36. The summed E-state index contributed by atoms with van der Waals surface area (Å²) >= 11 is 0. The Bertz CT molecular complexity index is 445. The number of carbonyl (C=O) groups is 1. The van der Waals surface area contributed by atoms with E-state index < -0.39 is 17.5 Å². The highest BCUT2D eigenvalue weighted by Crippen LogP contribution is 2.11. The molecule has 1 atom stereocenters. The van der Waals surface area contributed by atoms with Crippen molar-refractivity contribution in [3.63, 3.8) is 0 Å². The van der Waals surface area contributed by atoms with E-state index >= 15 is 0 Å². The molecular formula is C14H18F2N2O. The van der Waals surface area contributed by atoms with Crippen molar-refractivity contribution in [1.82, 2.24) is 10.6 Å². The predicted octanol–water partition coefficient (Wildman–Crippen LogP) is 2.23. The van der Waals surface area contributed by atoms with Gasteiger partial charge in [-0.2, -0.15) is 0 Å². The number of piperidine rings is 1. The number of benzene rings is 1. The van der Waals surface area contributed by atoms with Gasteiger partial charge in [-0.3, -0.25) is 4.79 Å². The molecule has 3 nitrogen and oxygen atoms in total. The fraction of sp³-hybridized carbons (Fsp3) is 0.500. The van der Waals surface area contributed by atoms with Crippen molar-refractivity contribution in [3.05, 3.63) is 35.4 Å². The van der Waals surface area contributed by atoms with Gasteiger partial charge >= 0.3 is 0 Å². The molecule has 0 aliphatic carbocycles. The molecule has 1 aliphatic heterocycles. The zero-order chi connectivity index (χ0) is 13.7. The maximum absolute atomic E-state index is 13.4. The number of hydrogen-bond donors (Lipinski definition) is 2. The first kappa shape index (κ1) is 13.9. The Morgan fingerprint density at radius 3 is 2.95 bits per heavy atom. The van der Waals surface area contributed by atoms with Crippen LogP contribution in [0.15, 0.2) is 18.2 Å². The number of carbonyl (C=O) groups excluding carboxylic acids is 1. The minimum Gasteiger partial charge on any atom is -0.352 e. The fourth-order valence-electron chi connectivity index (χ4n) is 2.30. The molecule has 0 aromatic heterocycles. The van der Waals surface area contributed by atoms with E-state index in [1.54, 1.807) is 0 Å². The quantitative estimate of drug-likeness (QED) is 0.879. The smallest absolute Gasteiger partial charge is 0.254 e. The van der Waals surface area contributed by atoms with E-state index in [4.69, 9.17) is 0 Å². The summed E-state index contributed by atoms with van der Waals surface area (Å²) in [7, 11) is 0. The summed E-state index contributed by atoms with van der Waals surface area (Å²) in [5.74, 6) is -1.87. The number of amides is 1. The number of nitrogens with one attached hydrogen (secondary N) is 2. The number of halogens is 2. The lowest BCUT2D eigenvalue weighted by molar-refractivity contribution is 0.0947. The molecule has 1 aromatic rings. The molecule has 2 rings (SSSR count). The molecule has 19 heavy (non-hydrogen) atoms. The molecule has 1 fully saturated rings. The minimum absolute atomic E-state index is 0.239. The van der Waals surface area contributed by atoms with Gasteiger partial charge in [0.05, 0.1) is 5.56 Å². The van der Waals surface area contributed by atoms with Crippen molar-refractivity contribution in [2.24, 2.45) is 0 Å². The average Bonchev–Trinajstić information content (AvgIpc) is 2.42. The van der Waals surface area contributed by atoms with Crippen molar-refractivity contribution in [1.29, 1.82) is 0 Å². The number of rotatable bonds is 4.